The van der Waals surface area contributed by atoms with E-state index in [0.717, 1.165) is 5.69 Å². The fourth-order valence-corrected chi connectivity index (χ4v) is 1.18. The summed E-state index contributed by atoms with van der Waals surface area (Å²) in [7, 11) is 1.74. The van der Waals surface area contributed by atoms with Gasteiger partial charge in [-0.2, -0.15) is 5.10 Å². The van der Waals surface area contributed by atoms with Crippen LogP contribution in [0.5, 0.6) is 0 Å². The van der Waals surface area contributed by atoms with Gasteiger partial charge in [-0.15, -0.1) is 0 Å². The quantitative estimate of drug-likeness (QED) is 0.783. The minimum absolute atomic E-state index is 0.331. The van der Waals surface area contributed by atoms with Gasteiger partial charge >= 0.3 is 0 Å². The van der Waals surface area contributed by atoms with E-state index in [9.17, 15) is 4.39 Å². The highest BCUT2D eigenvalue weighted by Crippen LogP contribution is 2.16. The Kier molecular flexibility index (Phi) is 2.14. The third kappa shape index (κ3) is 1.44. The van der Waals surface area contributed by atoms with Crippen LogP contribution in [0.1, 0.15) is 0 Å². The van der Waals surface area contributed by atoms with Gasteiger partial charge in [0.25, 0.3) is 0 Å². The first-order chi connectivity index (χ1) is 6.81. The Morgan fingerprint density at radius 3 is 2.86 bits per heavy atom. The molecule has 0 radical (unpaired) electrons. The summed E-state index contributed by atoms with van der Waals surface area (Å²) in [5.74, 6) is -0.331. The zero-order chi connectivity index (χ0) is 9.97. The van der Waals surface area contributed by atoms with Crippen LogP contribution in [0.15, 0.2) is 30.9 Å². The molecule has 0 aliphatic heterocycles. The van der Waals surface area contributed by atoms with Crippen molar-refractivity contribution in [1.82, 2.24) is 14.8 Å². The van der Waals surface area contributed by atoms with Gasteiger partial charge in [-0.3, -0.25) is 0 Å². The molecule has 4 nitrogen and oxygen atoms in total. The van der Waals surface area contributed by atoms with Crippen LogP contribution in [-0.4, -0.2) is 21.8 Å². The van der Waals surface area contributed by atoms with Crippen LogP contribution >= 0.6 is 0 Å². The number of benzene rings is 1. The summed E-state index contributed by atoms with van der Waals surface area (Å²) < 4.78 is 14.9. The minimum Gasteiger partial charge on any atom is -0.388 e. The van der Waals surface area contributed by atoms with Crippen molar-refractivity contribution in [3.8, 4) is 5.69 Å². The van der Waals surface area contributed by atoms with Crippen molar-refractivity contribution in [2.45, 2.75) is 0 Å². The van der Waals surface area contributed by atoms with E-state index in [2.05, 4.69) is 15.4 Å². The van der Waals surface area contributed by atoms with Gasteiger partial charge in [0.1, 0.15) is 18.3 Å². The lowest BCUT2D eigenvalue weighted by molar-refractivity contribution is 0.611. The Balaban J connectivity index is 2.46. The highest BCUT2D eigenvalue weighted by atomic mass is 19.1. The summed E-state index contributed by atoms with van der Waals surface area (Å²) in [5, 5.41) is 6.70. The number of hydrogen-bond donors (Lipinski definition) is 1. The van der Waals surface area contributed by atoms with E-state index in [0.29, 0.717) is 5.69 Å². The van der Waals surface area contributed by atoms with Crippen molar-refractivity contribution in [3.05, 3.63) is 36.7 Å². The predicted molar refractivity (Wildman–Crippen MR) is 50.9 cm³/mol. The van der Waals surface area contributed by atoms with Crippen molar-refractivity contribution >= 4 is 5.69 Å². The molecule has 0 atom stereocenters. The molecule has 0 saturated heterocycles. The predicted octanol–water partition coefficient (Wildman–Crippen LogP) is 1.45. The van der Waals surface area contributed by atoms with E-state index < -0.39 is 0 Å². The summed E-state index contributed by atoms with van der Waals surface area (Å²) in [6.07, 6.45) is 2.82. The van der Waals surface area contributed by atoms with Gasteiger partial charge in [-0.05, 0) is 18.2 Å². The van der Waals surface area contributed by atoms with Crippen LogP contribution < -0.4 is 5.32 Å². The molecule has 1 heterocycles. The molecule has 0 aliphatic carbocycles. The van der Waals surface area contributed by atoms with Crippen LogP contribution in [0.25, 0.3) is 5.69 Å². The highest BCUT2D eigenvalue weighted by Gasteiger charge is 2.04. The third-order valence-corrected chi connectivity index (χ3v) is 1.90. The standard InChI is InChI=1S/C9H9FN4/c1-11-7-2-3-9(8(10)4-7)14-6-12-5-13-14/h2-6,11H,1H3. The Bertz CT molecular complexity index is 424. The lowest BCUT2D eigenvalue weighted by atomic mass is 10.2. The maximum absolute atomic E-state index is 13.5. The average molecular weight is 192 g/mol. The maximum Gasteiger partial charge on any atom is 0.150 e. The number of halogens is 1. The first-order valence-corrected chi connectivity index (χ1v) is 4.13. The van der Waals surface area contributed by atoms with Gasteiger partial charge in [0.15, 0.2) is 5.82 Å². The number of nitrogens with one attached hydrogen (secondary N) is 1. The molecule has 1 aromatic heterocycles. The molecular weight excluding hydrogens is 183 g/mol. The van der Waals surface area contributed by atoms with Crippen molar-refractivity contribution in [3.63, 3.8) is 0 Å². The second-order valence-corrected chi connectivity index (χ2v) is 2.76. The number of anilines is 1. The molecule has 0 aliphatic rings. The van der Waals surface area contributed by atoms with Gasteiger partial charge in [0, 0.05) is 12.7 Å². The van der Waals surface area contributed by atoms with E-state index in [1.165, 1.54) is 23.4 Å². The molecular formula is C9H9FN4. The summed E-state index contributed by atoms with van der Waals surface area (Å²) in [6, 6.07) is 4.84. The first-order valence-electron chi connectivity index (χ1n) is 4.13. The molecule has 5 heteroatoms. The molecule has 2 aromatic rings. The molecule has 14 heavy (non-hydrogen) atoms. The van der Waals surface area contributed by atoms with E-state index >= 15 is 0 Å². The summed E-state index contributed by atoms with van der Waals surface area (Å²) in [6.45, 7) is 0. The normalized spacial score (nSPS) is 10.1. The average Bonchev–Trinajstić information content (AvgIpc) is 2.70. The number of nitrogens with zero attached hydrogens (tertiary/aromatic N) is 3. The highest BCUT2D eigenvalue weighted by molar-refractivity contribution is 5.48. The Morgan fingerprint density at radius 2 is 2.29 bits per heavy atom. The second-order valence-electron chi connectivity index (χ2n) is 2.76. The summed E-state index contributed by atoms with van der Waals surface area (Å²) >= 11 is 0. The largest absolute Gasteiger partial charge is 0.388 e. The van der Waals surface area contributed by atoms with E-state index in [4.69, 9.17) is 0 Å². The van der Waals surface area contributed by atoms with Crippen LogP contribution in [0, 0.1) is 5.82 Å². The molecule has 0 spiro atoms. The van der Waals surface area contributed by atoms with E-state index in [-0.39, 0.29) is 5.82 Å². The molecule has 1 N–H and O–H groups in total. The lowest BCUT2D eigenvalue weighted by Gasteiger charge is -2.04. The fraction of sp³-hybridized carbons (Fsp3) is 0.111. The van der Waals surface area contributed by atoms with Gasteiger partial charge in [-0.1, -0.05) is 0 Å². The molecule has 0 amide bonds. The molecule has 0 fully saturated rings. The van der Waals surface area contributed by atoms with Crippen molar-refractivity contribution in [2.75, 3.05) is 12.4 Å². The number of hydrogen-bond acceptors (Lipinski definition) is 3. The Labute approximate surface area is 80.4 Å². The maximum atomic E-state index is 13.5. The Hall–Kier alpha value is -1.91. The van der Waals surface area contributed by atoms with Crippen LogP contribution in [0.4, 0.5) is 10.1 Å². The summed E-state index contributed by atoms with van der Waals surface area (Å²) in [4.78, 5) is 3.75. The third-order valence-electron chi connectivity index (χ3n) is 1.90. The van der Waals surface area contributed by atoms with E-state index in [1.807, 2.05) is 0 Å². The van der Waals surface area contributed by atoms with Gasteiger partial charge in [0.2, 0.25) is 0 Å². The number of aromatic nitrogens is 3. The van der Waals surface area contributed by atoms with Crippen LogP contribution in [0.2, 0.25) is 0 Å². The SMILES string of the molecule is CNc1ccc(-n2cncn2)c(F)c1. The van der Waals surface area contributed by atoms with Crippen molar-refractivity contribution in [1.29, 1.82) is 0 Å². The fourth-order valence-electron chi connectivity index (χ4n) is 1.18. The zero-order valence-corrected chi connectivity index (χ0v) is 7.61. The monoisotopic (exact) mass is 192 g/mol. The van der Waals surface area contributed by atoms with Crippen molar-refractivity contribution < 1.29 is 4.39 Å². The van der Waals surface area contributed by atoms with Gasteiger partial charge < -0.3 is 5.32 Å². The van der Waals surface area contributed by atoms with Crippen molar-refractivity contribution in [2.24, 2.45) is 0 Å². The lowest BCUT2D eigenvalue weighted by Crippen LogP contribution is -1.99. The van der Waals surface area contributed by atoms with Gasteiger partial charge in [0.05, 0.1) is 0 Å². The van der Waals surface area contributed by atoms with Gasteiger partial charge in [-0.25, -0.2) is 14.1 Å². The summed E-state index contributed by atoms with van der Waals surface area (Å²) in [5.41, 5.74) is 1.12. The topological polar surface area (TPSA) is 42.7 Å². The molecule has 1 aromatic carbocycles. The smallest absolute Gasteiger partial charge is 0.150 e. The van der Waals surface area contributed by atoms with Crippen LogP contribution in [-0.2, 0) is 0 Å². The Morgan fingerprint density at radius 1 is 1.43 bits per heavy atom. The van der Waals surface area contributed by atoms with Crippen LogP contribution in [0.3, 0.4) is 0 Å². The molecule has 72 valence electrons. The van der Waals surface area contributed by atoms with E-state index in [1.54, 1.807) is 19.2 Å². The molecule has 0 saturated carbocycles. The zero-order valence-electron chi connectivity index (χ0n) is 7.61. The molecule has 2 rings (SSSR count). The number of rotatable bonds is 2. The minimum atomic E-state index is -0.331. The molecule has 0 unspecified atom stereocenters. The molecule has 0 bridgehead atoms. The first kappa shape index (κ1) is 8.68. The second kappa shape index (κ2) is 3.45.